The summed E-state index contributed by atoms with van der Waals surface area (Å²) in [6, 6.07) is 11.8. The number of aryl methyl sites for hydroxylation is 1. The zero-order chi connectivity index (χ0) is 13.8. The molecular weight excluding hydrogens is 254 g/mol. The number of rotatable bonds is 5. The molecule has 0 unspecified atom stereocenters. The number of hydrogen-bond donors (Lipinski definition) is 1. The van der Waals surface area contributed by atoms with Crippen molar-refractivity contribution in [2.24, 2.45) is 7.05 Å². The third-order valence-electron chi connectivity index (χ3n) is 3.06. The van der Waals surface area contributed by atoms with Gasteiger partial charge in [0.25, 0.3) is 0 Å². The molecule has 7 nitrogen and oxygen atoms in total. The minimum atomic E-state index is 0.637. The van der Waals surface area contributed by atoms with Gasteiger partial charge < -0.3 is 5.32 Å². The number of para-hydroxylation sites is 1. The summed E-state index contributed by atoms with van der Waals surface area (Å²) in [5.41, 5.74) is 2.09. The summed E-state index contributed by atoms with van der Waals surface area (Å²) < 4.78 is 3.55. The van der Waals surface area contributed by atoms with Crippen molar-refractivity contribution in [3.05, 3.63) is 48.3 Å². The molecule has 0 saturated carbocycles. The van der Waals surface area contributed by atoms with Gasteiger partial charge in [0, 0.05) is 31.9 Å². The lowest BCUT2D eigenvalue weighted by atomic mass is 10.3. The molecule has 0 atom stereocenters. The standard InChI is InChI=1S/C13H15N7/c1-19-11(8-10-15-19)7-9-14-13-16-17-18-20(13)12-5-3-2-4-6-12/h2-6,8,10H,7,9H2,1H3,(H,14,16,18). The monoisotopic (exact) mass is 269 g/mol. The van der Waals surface area contributed by atoms with Crippen LogP contribution < -0.4 is 5.32 Å². The number of nitrogens with zero attached hydrogens (tertiary/aromatic N) is 6. The molecule has 0 bridgehead atoms. The van der Waals surface area contributed by atoms with E-state index in [1.54, 1.807) is 10.9 Å². The molecule has 0 aliphatic carbocycles. The van der Waals surface area contributed by atoms with Crippen molar-refractivity contribution in [3.8, 4) is 5.69 Å². The quantitative estimate of drug-likeness (QED) is 0.749. The number of tetrazole rings is 1. The topological polar surface area (TPSA) is 73.5 Å². The van der Waals surface area contributed by atoms with Crippen LogP contribution in [0.1, 0.15) is 5.69 Å². The highest BCUT2D eigenvalue weighted by atomic mass is 15.6. The van der Waals surface area contributed by atoms with Crippen LogP contribution in [0, 0.1) is 0 Å². The first-order chi connectivity index (χ1) is 9.84. The van der Waals surface area contributed by atoms with Gasteiger partial charge in [-0.2, -0.15) is 9.78 Å². The molecule has 0 spiro atoms. The van der Waals surface area contributed by atoms with Crippen LogP contribution >= 0.6 is 0 Å². The second-order valence-electron chi connectivity index (χ2n) is 4.37. The van der Waals surface area contributed by atoms with E-state index in [2.05, 4.69) is 25.9 Å². The Morgan fingerprint density at radius 1 is 1.15 bits per heavy atom. The van der Waals surface area contributed by atoms with Gasteiger partial charge in [-0.05, 0) is 28.6 Å². The fourth-order valence-corrected chi connectivity index (χ4v) is 1.99. The average Bonchev–Trinajstić information content (AvgIpc) is 3.10. The predicted octanol–water partition coefficient (Wildman–Crippen LogP) is 1.05. The van der Waals surface area contributed by atoms with Gasteiger partial charge in [0.15, 0.2) is 0 Å². The van der Waals surface area contributed by atoms with Crippen LogP contribution in [-0.4, -0.2) is 36.5 Å². The predicted molar refractivity (Wildman–Crippen MR) is 74.6 cm³/mol. The highest BCUT2D eigenvalue weighted by Crippen LogP contribution is 2.10. The van der Waals surface area contributed by atoms with E-state index < -0.39 is 0 Å². The molecule has 0 amide bonds. The molecule has 0 saturated heterocycles. The third kappa shape index (κ3) is 2.51. The smallest absolute Gasteiger partial charge is 0.247 e. The first-order valence-corrected chi connectivity index (χ1v) is 6.39. The Hall–Kier alpha value is -2.70. The van der Waals surface area contributed by atoms with Crippen molar-refractivity contribution in [1.29, 1.82) is 0 Å². The van der Waals surface area contributed by atoms with E-state index in [0.717, 1.165) is 24.3 Å². The molecule has 7 heteroatoms. The van der Waals surface area contributed by atoms with Crippen LogP contribution in [-0.2, 0) is 13.5 Å². The SMILES string of the molecule is Cn1nccc1CCNc1nnnn1-c1ccccc1. The molecule has 0 aliphatic rings. The first kappa shape index (κ1) is 12.3. The van der Waals surface area contributed by atoms with Crippen LogP contribution in [0.25, 0.3) is 5.69 Å². The molecule has 1 aromatic carbocycles. The molecule has 2 aromatic heterocycles. The van der Waals surface area contributed by atoms with Crippen molar-refractivity contribution in [3.63, 3.8) is 0 Å². The molecule has 1 N–H and O–H groups in total. The maximum absolute atomic E-state index is 4.14. The summed E-state index contributed by atoms with van der Waals surface area (Å²) in [4.78, 5) is 0. The van der Waals surface area contributed by atoms with Gasteiger partial charge in [-0.3, -0.25) is 4.68 Å². The van der Waals surface area contributed by atoms with E-state index in [1.165, 1.54) is 0 Å². The van der Waals surface area contributed by atoms with Crippen LogP contribution in [0.2, 0.25) is 0 Å². The van der Waals surface area contributed by atoms with E-state index in [4.69, 9.17) is 0 Å². The lowest BCUT2D eigenvalue weighted by molar-refractivity contribution is 0.709. The number of benzene rings is 1. The normalized spacial score (nSPS) is 10.7. The minimum absolute atomic E-state index is 0.637. The summed E-state index contributed by atoms with van der Waals surface area (Å²) in [6.07, 6.45) is 2.65. The minimum Gasteiger partial charge on any atom is -0.352 e. The van der Waals surface area contributed by atoms with Crippen LogP contribution in [0.15, 0.2) is 42.6 Å². The average molecular weight is 269 g/mol. The first-order valence-electron chi connectivity index (χ1n) is 6.39. The fourth-order valence-electron chi connectivity index (χ4n) is 1.99. The second kappa shape index (κ2) is 5.52. The number of anilines is 1. The van der Waals surface area contributed by atoms with E-state index in [1.807, 2.05) is 48.1 Å². The summed E-state index contributed by atoms with van der Waals surface area (Å²) in [6.45, 7) is 0.743. The van der Waals surface area contributed by atoms with Crippen LogP contribution in [0.4, 0.5) is 5.95 Å². The highest BCUT2D eigenvalue weighted by Gasteiger charge is 2.07. The van der Waals surface area contributed by atoms with E-state index >= 15 is 0 Å². The van der Waals surface area contributed by atoms with Gasteiger partial charge in [-0.25, -0.2) is 0 Å². The Morgan fingerprint density at radius 2 is 2.00 bits per heavy atom. The molecule has 3 rings (SSSR count). The molecule has 3 aromatic rings. The Morgan fingerprint density at radius 3 is 2.75 bits per heavy atom. The van der Waals surface area contributed by atoms with Gasteiger partial charge in [0.05, 0.1) is 5.69 Å². The Balaban J connectivity index is 1.67. The van der Waals surface area contributed by atoms with Crippen LogP contribution in [0.5, 0.6) is 0 Å². The zero-order valence-electron chi connectivity index (χ0n) is 11.1. The summed E-state index contributed by atoms with van der Waals surface area (Å²) >= 11 is 0. The molecule has 20 heavy (non-hydrogen) atoms. The van der Waals surface area contributed by atoms with Gasteiger partial charge >= 0.3 is 0 Å². The van der Waals surface area contributed by atoms with Gasteiger partial charge in [-0.1, -0.05) is 23.3 Å². The van der Waals surface area contributed by atoms with E-state index in [0.29, 0.717) is 5.95 Å². The van der Waals surface area contributed by atoms with Gasteiger partial charge in [0.1, 0.15) is 0 Å². The van der Waals surface area contributed by atoms with Gasteiger partial charge in [-0.15, -0.1) is 0 Å². The van der Waals surface area contributed by atoms with Gasteiger partial charge in [0.2, 0.25) is 5.95 Å². The molecule has 0 radical (unpaired) electrons. The van der Waals surface area contributed by atoms with Crippen LogP contribution in [0.3, 0.4) is 0 Å². The summed E-state index contributed by atoms with van der Waals surface area (Å²) in [5.74, 6) is 0.637. The summed E-state index contributed by atoms with van der Waals surface area (Å²) in [7, 11) is 1.93. The Labute approximate surface area is 116 Å². The molecule has 2 heterocycles. The molecule has 0 fully saturated rings. The molecule has 0 aliphatic heterocycles. The maximum atomic E-state index is 4.14. The summed E-state index contributed by atoms with van der Waals surface area (Å²) in [5, 5.41) is 19.1. The van der Waals surface area contributed by atoms with Crippen molar-refractivity contribution in [2.75, 3.05) is 11.9 Å². The van der Waals surface area contributed by atoms with E-state index in [-0.39, 0.29) is 0 Å². The number of aromatic nitrogens is 6. The van der Waals surface area contributed by atoms with Crippen molar-refractivity contribution in [1.82, 2.24) is 30.0 Å². The largest absolute Gasteiger partial charge is 0.352 e. The van der Waals surface area contributed by atoms with E-state index in [9.17, 15) is 0 Å². The molecular formula is C13H15N7. The van der Waals surface area contributed by atoms with Crippen molar-refractivity contribution >= 4 is 5.95 Å². The lowest BCUT2D eigenvalue weighted by Gasteiger charge is -2.07. The number of nitrogens with one attached hydrogen (secondary N) is 1. The lowest BCUT2D eigenvalue weighted by Crippen LogP contribution is -2.12. The van der Waals surface area contributed by atoms with Crippen molar-refractivity contribution < 1.29 is 0 Å². The fraction of sp³-hybridized carbons (Fsp3) is 0.231. The maximum Gasteiger partial charge on any atom is 0.247 e. The number of hydrogen-bond acceptors (Lipinski definition) is 5. The second-order valence-corrected chi connectivity index (χ2v) is 4.37. The Bertz CT molecular complexity index is 671. The zero-order valence-corrected chi connectivity index (χ0v) is 11.1. The third-order valence-corrected chi connectivity index (χ3v) is 3.06. The highest BCUT2D eigenvalue weighted by molar-refractivity contribution is 5.38. The van der Waals surface area contributed by atoms with Crippen molar-refractivity contribution in [2.45, 2.75) is 6.42 Å². The Kier molecular flexibility index (Phi) is 3.40. The molecule has 102 valence electrons.